The minimum Gasteiger partial charge on any atom is -0.495 e. The SMILES string of the molecule is COc1ccccc1N1CCN(C(=O)C(=O)NN2CCN(C)CC2)CC1. The first-order chi connectivity index (χ1) is 12.6. The molecule has 0 unspecified atom stereocenters. The lowest BCUT2D eigenvalue weighted by molar-refractivity contribution is -0.149. The molecule has 0 spiro atoms. The molecule has 2 saturated heterocycles. The van der Waals surface area contributed by atoms with Crippen LogP contribution in [0.25, 0.3) is 0 Å². The number of ether oxygens (including phenoxy) is 1. The van der Waals surface area contributed by atoms with Crippen molar-refractivity contribution in [3.63, 3.8) is 0 Å². The third-order valence-electron chi connectivity index (χ3n) is 4.95. The summed E-state index contributed by atoms with van der Waals surface area (Å²) in [6.07, 6.45) is 0. The number of likely N-dealkylation sites (N-methyl/N-ethyl adjacent to an activating group) is 1. The lowest BCUT2D eigenvalue weighted by atomic mass is 10.2. The highest BCUT2D eigenvalue weighted by Crippen LogP contribution is 2.28. The van der Waals surface area contributed by atoms with Gasteiger partial charge in [0.05, 0.1) is 12.8 Å². The highest BCUT2D eigenvalue weighted by atomic mass is 16.5. The van der Waals surface area contributed by atoms with Crippen molar-refractivity contribution in [1.29, 1.82) is 0 Å². The van der Waals surface area contributed by atoms with Crippen molar-refractivity contribution in [3.8, 4) is 5.75 Å². The van der Waals surface area contributed by atoms with Crippen molar-refractivity contribution >= 4 is 17.5 Å². The van der Waals surface area contributed by atoms with E-state index in [-0.39, 0.29) is 0 Å². The van der Waals surface area contributed by atoms with Crippen LogP contribution in [0, 0.1) is 0 Å². The molecule has 3 rings (SSSR count). The van der Waals surface area contributed by atoms with E-state index < -0.39 is 11.8 Å². The molecule has 8 heteroatoms. The fourth-order valence-corrected chi connectivity index (χ4v) is 3.29. The summed E-state index contributed by atoms with van der Waals surface area (Å²) in [6.45, 7) is 5.62. The van der Waals surface area contributed by atoms with E-state index in [4.69, 9.17) is 4.74 Å². The quantitative estimate of drug-likeness (QED) is 0.741. The van der Waals surface area contributed by atoms with E-state index in [9.17, 15) is 9.59 Å². The minimum absolute atomic E-state index is 0.455. The summed E-state index contributed by atoms with van der Waals surface area (Å²) in [5, 5.41) is 1.82. The third-order valence-corrected chi connectivity index (χ3v) is 4.95. The lowest BCUT2D eigenvalue weighted by Gasteiger charge is -2.37. The van der Waals surface area contributed by atoms with Crippen molar-refractivity contribution in [2.45, 2.75) is 0 Å². The van der Waals surface area contributed by atoms with E-state index in [0.717, 1.165) is 37.6 Å². The molecule has 0 aromatic heterocycles. The smallest absolute Gasteiger partial charge is 0.323 e. The van der Waals surface area contributed by atoms with Crippen LogP contribution in [0.3, 0.4) is 0 Å². The van der Waals surface area contributed by atoms with Gasteiger partial charge in [0, 0.05) is 52.4 Å². The Labute approximate surface area is 154 Å². The van der Waals surface area contributed by atoms with Gasteiger partial charge in [0.1, 0.15) is 5.75 Å². The van der Waals surface area contributed by atoms with Crippen LogP contribution >= 0.6 is 0 Å². The number of carbonyl (C=O) groups excluding carboxylic acids is 2. The van der Waals surface area contributed by atoms with Crippen molar-refractivity contribution in [2.75, 3.05) is 71.4 Å². The molecular weight excluding hydrogens is 334 g/mol. The van der Waals surface area contributed by atoms with Gasteiger partial charge in [0.2, 0.25) is 0 Å². The van der Waals surface area contributed by atoms with E-state index in [2.05, 4.69) is 15.2 Å². The molecule has 1 aromatic carbocycles. The van der Waals surface area contributed by atoms with Crippen LogP contribution in [0.2, 0.25) is 0 Å². The maximum atomic E-state index is 12.4. The van der Waals surface area contributed by atoms with Crippen LogP contribution in [0.15, 0.2) is 24.3 Å². The predicted octanol–water partition coefficient (Wildman–Crippen LogP) is -0.378. The number of anilines is 1. The van der Waals surface area contributed by atoms with Gasteiger partial charge in [-0.25, -0.2) is 5.01 Å². The zero-order valence-corrected chi connectivity index (χ0v) is 15.5. The number of hydrazine groups is 1. The van der Waals surface area contributed by atoms with Crippen LogP contribution in [-0.4, -0.2) is 93.1 Å². The van der Waals surface area contributed by atoms with Crippen molar-refractivity contribution < 1.29 is 14.3 Å². The van der Waals surface area contributed by atoms with Gasteiger partial charge in [-0.1, -0.05) is 12.1 Å². The number of piperazine rings is 2. The Balaban J connectivity index is 1.51. The highest BCUT2D eigenvalue weighted by molar-refractivity contribution is 6.34. The lowest BCUT2D eigenvalue weighted by Crippen LogP contribution is -2.58. The molecular formula is C18H27N5O3. The second kappa shape index (κ2) is 8.37. The number of para-hydroxylation sites is 2. The summed E-state index contributed by atoms with van der Waals surface area (Å²) in [6, 6.07) is 7.84. The number of hydrogen-bond acceptors (Lipinski definition) is 6. The normalized spacial score (nSPS) is 19.3. The molecule has 2 amide bonds. The van der Waals surface area contributed by atoms with E-state index in [0.29, 0.717) is 26.2 Å². The molecule has 2 heterocycles. The van der Waals surface area contributed by atoms with Crippen molar-refractivity contribution in [1.82, 2.24) is 20.2 Å². The number of carbonyl (C=O) groups is 2. The van der Waals surface area contributed by atoms with Gasteiger partial charge >= 0.3 is 11.8 Å². The molecule has 0 radical (unpaired) electrons. The van der Waals surface area contributed by atoms with E-state index in [1.165, 1.54) is 0 Å². The van der Waals surface area contributed by atoms with E-state index in [1.54, 1.807) is 12.0 Å². The Morgan fingerprint density at radius 2 is 1.62 bits per heavy atom. The molecule has 0 bridgehead atoms. The van der Waals surface area contributed by atoms with E-state index in [1.807, 2.05) is 36.3 Å². The van der Waals surface area contributed by atoms with Crippen LogP contribution in [0.4, 0.5) is 5.69 Å². The average Bonchev–Trinajstić information content (AvgIpc) is 2.69. The Bertz CT molecular complexity index is 637. The largest absolute Gasteiger partial charge is 0.495 e. The van der Waals surface area contributed by atoms with Gasteiger partial charge in [-0.05, 0) is 19.2 Å². The Hall–Kier alpha value is -2.32. The minimum atomic E-state index is -0.541. The fourth-order valence-electron chi connectivity index (χ4n) is 3.29. The van der Waals surface area contributed by atoms with Gasteiger partial charge in [0.15, 0.2) is 0 Å². The summed E-state index contributed by atoms with van der Waals surface area (Å²) >= 11 is 0. The summed E-state index contributed by atoms with van der Waals surface area (Å²) in [7, 11) is 3.70. The number of nitrogens with one attached hydrogen (secondary N) is 1. The number of amides is 2. The molecule has 26 heavy (non-hydrogen) atoms. The monoisotopic (exact) mass is 361 g/mol. The maximum Gasteiger partial charge on any atom is 0.323 e. The molecule has 142 valence electrons. The number of hydrogen-bond donors (Lipinski definition) is 1. The molecule has 1 aromatic rings. The van der Waals surface area contributed by atoms with Gasteiger partial charge in [-0.2, -0.15) is 0 Å². The van der Waals surface area contributed by atoms with Crippen LogP contribution in [0.1, 0.15) is 0 Å². The van der Waals surface area contributed by atoms with Crippen molar-refractivity contribution in [3.05, 3.63) is 24.3 Å². The number of methoxy groups -OCH3 is 1. The second-order valence-corrected chi connectivity index (χ2v) is 6.68. The number of rotatable bonds is 3. The zero-order valence-electron chi connectivity index (χ0n) is 15.5. The summed E-state index contributed by atoms with van der Waals surface area (Å²) in [4.78, 5) is 30.7. The molecule has 0 atom stereocenters. The first-order valence-corrected chi connectivity index (χ1v) is 9.00. The number of benzene rings is 1. The molecule has 0 aliphatic carbocycles. The van der Waals surface area contributed by atoms with Gasteiger partial charge in [-0.15, -0.1) is 0 Å². The highest BCUT2D eigenvalue weighted by Gasteiger charge is 2.28. The van der Waals surface area contributed by atoms with Crippen LogP contribution in [0.5, 0.6) is 5.75 Å². The predicted molar refractivity (Wildman–Crippen MR) is 99.0 cm³/mol. The summed E-state index contributed by atoms with van der Waals surface area (Å²) in [5.74, 6) is -0.177. The standard InChI is InChI=1S/C18H27N5O3/c1-20-7-13-23(14-8-20)19-17(24)18(25)22-11-9-21(10-12-22)15-5-3-4-6-16(15)26-2/h3-6H,7-14H2,1-2H3,(H,19,24). The van der Waals surface area contributed by atoms with Gasteiger partial charge < -0.3 is 19.4 Å². The second-order valence-electron chi connectivity index (χ2n) is 6.68. The third kappa shape index (κ3) is 4.25. The van der Waals surface area contributed by atoms with Gasteiger partial charge in [0.25, 0.3) is 0 Å². The summed E-state index contributed by atoms with van der Waals surface area (Å²) < 4.78 is 5.41. The van der Waals surface area contributed by atoms with Gasteiger partial charge in [-0.3, -0.25) is 15.0 Å². The Kier molecular flexibility index (Phi) is 5.95. The Morgan fingerprint density at radius 1 is 0.962 bits per heavy atom. The first kappa shape index (κ1) is 18.5. The number of nitrogens with zero attached hydrogens (tertiary/aromatic N) is 4. The van der Waals surface area contributed by atoms with Crippen LogP contribution in [-0.2, 0) is 9.59 Å². The maximum absolute atomic E-state index is 12.4. The first-order valence-electron chi connectivity index (χ1n) is 9.00. The molecule has 0 saturated carbocycles. The average molecular weight is 361 g/mol. The molecule has 2 aliphatic heterocycles. The zero-order chi connectivity index (χ0) is 18.5. The summed E-state index contributed by atoms with van der Waals surface area (Å²) in [5.41, 5.74) is 3.76. The molecule has 1 N–H and O–H groups in total. The van der Waals surface area contributed by atoms with Crippen LogP contribution < -0.4 is 15.1 Å². The Morgan fingerprint density at radius 3 is 2.27 bits per heavy atom. The van der Waals surface area contributed by atoms with E-state index >= 15 is 0 Å². The molecule has 8 nitrogen and oxygen atoms in total. The molecule has 2 aliphatic rings. The fraction of sp³-hybridized carbons (Fsp3) is 0.556. The topological polar surface area (TPSA) is 68.4 Å². The molecule has 2 fully saturated rings. The van der Waals surface area contributed by atoms with Crippen molar-refractivity contribution in [2.24, 2.45) is 0 Å².